The van der Waals surface area contributed by atoms with Gasteiger partial charge in [0.05, 0.1) is 17.7 Å². The van der Waals surface area contributed by atoms with Crippen LogP contribution in [-0.4, -0.2) is 27.3 Å². The number of ether oxygens (including phenoxy) is 1. The number of aromatic nitrogens is 2. The van der Waals surface area contributed by atoms with Gasteiger partial charge in [0.2, 0.25) is 0 Å². The lowest BCUT2D eigenvalue weighted by Crippen LogP contribution is -2.00. The van der Waals surface area contributed by atoms with Gasteiger partial charge < -0.3 is 15.2 Å². The van der Waals surface area contributed by atoms with Gasteiger partial charge in [-0.15, -0.1) is 10.2 Å². The van der Waals surface area contributed by atoms with E-state index < -0.39 is 4.92 Å². The van der Waals surface area contributed by atoms with E-state index in [1.165, 1.54) is 19.2 Å². The van der Waals surface area contributed by atoms with Gasteiger partial charge in [0, 0.05) is 22.4 Å². The summed E-state index contributed by atoms with van der Waals surface area (Å²) < 4.78 is 5.07. The number of fused-ring (bicyclic) bond motifs is 1. The van der Waals surface area contributed by atoms with Gasteiger partial charge in [-0.25, -0.2) is 0 Å². The number of hydrogen-bond donors (Lipinski definition) is 2. The zero-order chi connectivity index (χ0) is 20.4. The van der Waals surface area contributed by atoms with Crippen molar-refractivity contribution in [1.82, 2.24) is 10.2 Å². The number of nitrogens with zero attached hydrogens (tertiary/aromatic N) is 3. The molecular formula is C21H16N4O4. The molecular weight excluding hydrogens is 372 g/mol. The number of benzene rings is 3. The van der Waals surface area contributed by atoms with E-state index >= 15 is 0 Å². The summed E-state index contributed by atoms with van der Waals surface area (Å²) in [5, 5.41) is 34.6. The molecule has 0 amide bonds. The summed E-state index contributed by atoms with van der Waals surface area (Å²) in [6.07, 6.45) is 0. The maximum atomic E-state index is 11.4. The van der Waals surface area contributed by atoms with Crippen LogP contribution in [0.1, 0.15) is 0 Å². The van der Waals surface area contributed by atoms with E-state index in [0.29, 0.717) is 22.8 Å². The smallest absolute Gasteiger partial charge is 0.311 e. The summed E-state index contributed by atoms with van der Waals surface area (Å²) in [5.74, 6) is 0.732. The maximum absolute atomic E-state index is 11.4. The van der Waals surface area contributed by atoms with E-state index in [0.717, 1.165) is 10.8 Å². The van der Waals surface area contributed by atoms with Gasteiger partial charge >= 0.3 is 5.69 Å². The van der Waals surface area contributed by atoms with E-state index in [9.17, 15) is 15.2 Å². The predicted molar refractivity (Wildman–Crippen MR) is 110 cm³/mol. The van der Waals surface area contributed by atoms with Crippen molar-refractivity contribution in [3.8, 4) is 22.8 Å². The van der Waals surface area contributed by atoms with Crippen molar-refractivity contribution < 1.29 is 14.8 Å². The Kier molecular flexibility index (Phi) is 4.66. The highest BCUT2D eigenvalue weighted by Gasteiger charge is 2.18. The highest BCUT2D eigenvalue weighted by atomic mass is 16.6. The number of nitro groups is 1. The molecule has 8 heteroatoms. The standard InChI is InChI=1S/C21H16N4O4/c1-29-19-11-10-13(12-17(19)25(27)28)20-14-6-2-3-7-15(14)21(24-23-20)22-16-8-4-5-9-18(16)26/h2-12,26H,1H3,(H,22,24). The normalized spacial score (nSPS) is 10.7. The number of rotatable bonds is 5. The fraction of sp³-hybridized carbons (Fsp3) is 0.0476. The molecule has 0 atom stereocenters. The fourth-order valence-corrected chi connectivity index (χ4v) is 3.10. The van der Waals surface area contributed by atoms with Gasteiger partial charge in [-0.05, 0) is 24.3 Å². The predicted octanol–water partition coefficient (Wildman–Crippen LogP) is 4.66. The largest absolute Gasteiger partial charge is 0.506 e. The molecule has 4 rings (SSSR count). The molecule has 8 nitrogen and oxygen atoms in total. The first kappa shape index (κ1) is 18.2. The second-order valence-corrected chi connectivity index (χ2v) is 6.23. The van der Waals surface area contributed by atoms with Crippen LogP contribution >= 0.6 is 0 Å². The van der Waals surface area contributed by atoms with E-state index in [4.69, 9.17) is 4.74 Å². The van der Waals surface area contributed by atoms with Gasteiger partial charge in [0.15, 0.2) is 11.6 Å². The monoisotopic (exact) mass is 388 g/mol. The molecule has 1 heterocycles. The van der Waals surface area contributed by atoms with Crippen LogP contribution in [0.3, 0.4) is 0 Å². The van der Waals surface area contributed by atoms with Crippen LogP contribution < -0.4 is 10.1 Å². The maximum Gasteiger partial charge on any atom is 0.311 e. The van der Waals surface area contributed by atoms with Gasteiger partial charge in [0.25, 0.3) is 0 Å². The van der Waals surface area contributed by atoms with Gasteiger partial charge in [-0.2, -0.15) is 0 Å². The van der Waals surface area contributed by atoms with Crippen molar-refractivity contribution in [2.24, 2.45) is 0 Å². The third-order valence-corrected chi connectivity index (χ3v) is 4.49. The molecule has 2 N–H and O–H groups in total. The Balaban J connectivity index is 1.85. The second kappa shape index (κ2) is 7.43. The molecule has 0 fully saturated rings. The quantitative estimate of drug-likeness (QED) is 0.290. The summed E-state index contributed by atoms with van der Waals surface area (Å²) in [7, 11) is 1.39. The number of nitro benzene ring substituents is 1. The molecule has 0 aliphatic heterocycles. The minimum absolute atomic E-state index is 0.0910. The van der Waals surface area contributed by atoms with Crippen molar-refractivity contribution in [3.05, 3.63) is 76.8 Å². The average molecular weight is 388 g/mol. The molecule has 4 aromatic rings. The Morgan fingerprint density at radius 3 is 2.45 bits per heavy atom. The summed E-state index contributed by atoms with van der Waals surface area (Å²) in [5.41, 5.74) is 1.41. The molecule has 0 aliphatic carbocycles. The third-order valence-electron chi connectivity index (χ3n) is 4.49. The molecule has 0 bridgehead atoms. The van der Waals surface area contributed by atoms with Crippen LogP contribution in [0, 0.1) is 10.1 Å². The Hall–Kier alpha value is -4.20. The fourth-order valence-electron chi connectivity index (χ4n) is 3.10. The average Bonchev–Trinajstić information content (AvgIpc) is 2.75. The van der Waals surface area contributed by atoms with E-state index in [-0.39, 0.29) is 17.2 Å². The summed E-state index contributed by atoms with van der Waals surface area (Å²) in [4.78, 5) is 10.9. The summed E-state index contributed by atoms with van der Waals surface area (Å²) in [6.45, 7) is 0. The van der Waals surface area contributed by atoms with Crippen LogP contribution in [0.25, 0.3) is 22.0 Å². The van der Waals surface area contributed by atoms with Crippen LogP contribution in [0.2, 0.25) is 0 Å². The van der Waals surface area contributed by atoms with Crippen molar-refractivity contribution in [2.75, 3.05) is 12.4 Å². The Morgan fingerprint density at radius 2 is 1.72 bits per heavy atom. The Morgan fingerprint density at radius 1 is 1.00 bits per heavy atom. The first-order valence-electron chi connectivity index (χ1n) is 8.71. The topological polar surface area (TPSA) is 110 Å². The van der Waals surface area contributed by atoms with Crippen molar-refractivity contribution in [3.63, 3.8) is 0 Å². The number of hydrogen-bond acceptors (Lipinski definition) is 7. The molecule has 1 aromatic heterocycles. The van der Waals surface area contributed by atoms with Gasteiger partial charge in [-0.1, -0.05) is 36.4 Å². The lowest BCUT2D eigenvalue weighted by atomic mass is 10.0. The molecule has 144 valence electrons. The van der Waals surface area contributed by atoms with Crippen LogP contribution in [0.15, 0.2) is 66.7 Å². The van der Waals surface area contributed by atoms with E-state index in [2.05, 4.69) is 15.5 Å². The zero-order valence-electron chi connectivity index (χ0n) is 15.4. The van der Waals surface area contributed by atoms with Crippen LogP contribution in [-0.2, 0) is 0 Å². The van der Waals surface area contributed by atoms with Gasteiger partial charge in [-0.3, -0.25) is 10.1 Å². The molecule has 0 spiro atoms. The van der Waals surface area contributed by atoms with Crippen LogP contribution in [0.5, 0.6) is 11.5 Å². The lowest BCUT2D eigenvalue weighted by Gasteiger charge is -2.12. The minimum Gasteiger partial charge on any atom is -0.506 e. The van der Waals surface area contributed by atoms with Crippen molar-refractivity contribution in [1.29, 1.82) is 0 Å². The Bertz CT molecular complexity index is 1230. The molecule has 0 aliphatic rings. The number of para-hydroxylation sites is 2. The number of anilines is 2. The Labute approximate surface area is 165 Å². The second-order valence-electron chi connectivity index (χ2n) is 6.23. The number of aromatic hydroxyl groups is 1. The number of phenolic OH excluding ortho intramolecular Hbond substituents is 1. The highest BCUT2D eigenvalue weighted by Crippen LogP contribution is 2.36. The van der Waals surface area contributed by atoms with E-state index in [1.54, 1.807) is 30.3 Å². The molecule has 29 heavy (non-hydrogen) atoms. The number of phenols is 1. The summed E-state index contributed by atoms with van der Waals surface area (Å²) in [6, 6.07) is 18.9. The lowest BCUT2D eigenvalue weighted by molar-refractivity contribution is -0.385. The zero-order valence-corrected chi connectivity index (χ0v) is 15.4. The highest BCUT2D eigenvalue weighted by molar-refractivity contribution is 6.01. The first-order valence-corrected chi connectivity index (χ1v) is 8.71. The first-order chi connectivity index (χ1) is 14.1. The van der Waals surface area contributed by atoms with E-state index in [1.807, 2.05) is 24.3 Å². The minimum atomic E-state index is -0.494. The third kappa shape index (κ3) is 3.39. The number of methoxy groups -OCH3 is 1. The molecule has 3 aromatic carbocycles. The van der Waals surface area contributed by atoms with Crippen LogP contribution in [0.4, 0.5) is 17.2 Å². The molecule has 0 saturated carbocycles. The summed E-state index contributed by atoms with van der Waals surface area (Å²) >= 11 is 0. The molecule has 0 saturated heterocycles. The van der Waals surface area contributed by atoms with Crippen molar-refractivity contribution >= 4 is 28.0 Å². The SMILES string of the molecule is COc1ccc(-c2nnc(Nc3ccccc3O)c3ccccc23)cc1[N+](=O)[O-]. The van der Waals surface area contributed by atoms with Gasteiger partial charge in [0.1, 0.15) is 11.4 Å². The molecule has 0 radical (unpaired) electrons. The molecule has 0 unspecified atom stereocenters. The number of nitrogens with one attached hydrogen (secondary N) is 1. The van der Waals surface area contributed by atoms with Crippen molar-refractivity contribution in [2.45, 2.75) is 0 Å².